The van der Waals surface area contributed by atoms with Crippen LogP contribution in [0.2, 0.25) is 0 Å². The van der Waals surface area contributed by atoms with Crippen molar-refractivity contribution in [3.8, 4) is 0 Å². The van der Waals surface area contributed by atoms with E-state index in [0.29, 0.717) is 25.2 Å². The molecule has 1 aliphatic carbocycles. The number of rotatable bonds is 4. The number of ketones is 1. The zero-order chi connectivity index (χ0) is 11.5. The van der Waals surface area contributed by atoms with Crippen LogP contribution in [-0.2, 0) is 9.59 Å². The van der Waals surface area contributed by atoms with Crippen LogP contribution in [0.25, 0.3) is 0 Å². The first-order valence-electron chi connectivity index (χ1n) is 5.76. The molecule has 0 radical (unpaired) electrons. The molecule has 3 heteroatoms. The average Bonchev–Trinajstić information content (AvgIpc) is 2.16. The van der Waals surface area contributed by atoms with Crippen LogP contribution in [0.5, 0.6) is 0 Å². The third kappa shape index (κ3) is 2.58. The van der Waals surface area contributed by atoms with E-state index in [4.69, 9.17) is 0 Å². The van der Waals surface area contributed by atoms with Gasteiger partial charge in [0.2, 0.25) is 0 Å². The van der Waals surface area contributed by atoms with Crippen LogP contribution >= 0.6 is 0 Å². The molecule has 1 aliphatic rings. The second-order valence-electron chi connectivity index (χ2n) is 4.95. The molecule has 0 aromatic carbocycles. The first kappa shape index (κ1) is 12.2. The maximum Gasteiger partial charge on any atom is 0.317 e. The van der Waals surface area contributed by atoms with Gasteiger partial charge in [-0.2, -0.15) is 0 Å². The van der Waals surface area contributed by atoms with Gasteiger partial charge in [0.05, 0.1) is 0 Å². The monoisotopic (exact) mass is 212 g/mol. The number of Topliss-reactive ketones (excluding diaryl/α,β-unsaturated/α-hetero) is 1. The Hall–Kier alpha value is -0.860. The van der Waals surface area contributed by atoms with Crippen LogP contribution < -0.4 is 0 Å². The molecule has 15 heavy (non-hydrogen) atoms. The van der Waals surface area contributed by atoms with Crippen LogP contribution in [0, 0.1) is 11.3 Å². The number of carboxylic acids is 1. The molecule has 3 nitrogen and oxygen atoms in total. The molecule has 0 amide bonds. The second-order valence-corrected chi connectivity index (χ2v) is 4.95. The van der Waals surface area contributed by atoms with Gasteiger partial charge in [0.15, 0.2) is 0 Å². The van der Waals surface area contributed by atoms with E-state index < -0.39 is 11.4 Å². The second kappa shape index (κ2) is 4.77. The highest BCUT2D eigenvalue weighted by atomic mass is 16.4. The molecule has 1 rings (SSSR count). The summed E-state index contributed by atoms with van der Waals surface area (Å²) in [5.41, 5.74) is -1.05. The molecule has 0 bridgehead atoms. The van der Waals surface area contributed by atoms with Crippen molar-refractivity contribution in [2.45, 2.75) is 52.4 Å². The normalized spacial score (nSPS) is 27.0. The standard InChI is InChI=1S/C12H20O3/c1-9(2)6-8-12(11(14)15)7-4-3-5-10(12)13/h9H,3-8H2,1-2H3,(H,14,15). The number of carbonyl (C=O) groups excluding carboxylic acids is 1. The van der Waals surface area contributed by atoms with Gasteiger partial charge in [-0.25, -0.2) is 0 Å². The molecule has 1 saturated carbocycles. The fourth-order valence-corrected chi connectivity index (χ4v) is 2.22. The van der Waals surface area contributed by atoms with Gasteiger partial charge in [0, 0.05) is 6.42 Å². The first-order valence-corrected chi connectivity index (χ1v) is 5.76. The largest absolute Gasteiger partial charge is 0.480 e. The van der Waals surface area contributed by atoms with Crippen molar-refractivity contribution >= 4 is 11.8 Å². The van der Waals surface area contributed by atoms with Crippen LogP contribution in [-0.4, -0.2) is 16.9 Å². The van der Waals surface area contributed by atoms with E-state index in [0.717, 1.165) is 19.3 Å². The summed E-state index contributed by atoms with van der Waals surface area (Å²) in [7, 11) is 0. The molecule has 1 unspecified atom stereocenters. The SMILES string of the molecule is CC(C)CCC1(C(=O)O)CCCCC1=O. The van der Waals surface area contributed by atoms with Crippen molar-refractivity contribution in [3.63, 3.8) is 0 Å². The van der Waals surface area contributed by atoms with Gasteiger partial charge in [-0.15, -0.1) is 0 Å². The number of hydrogen-bond donors (Lipinski definition) is 1. The van der Waals surface area contributed by atoms with Crippen molar-refractivity contribution in [2.75, 3.05) is 0 Å². The molecule has 86 valence electrons. The maximum absolute atomic E-state index is 11.8. The van der Waals surface area contributed by atoms with Gasteiger partial charge in [0.25, 0.3) is 0 Å². The molecule has 1 fully saturated rings. The average molecular weight is 212 g/mol. The number of aliphatic carboxylic acids is 1. The van der Waals surface area contributed by atoms with Crippen LogP contribution in [0.3, 0.4) is 0 Å². The number of carboxylic acid groups (broad SMARTS) is 1. The van der Waals surface area contributed by atoms with E-state index in [9.17, 15) is 14.7 Å². The highest BCUT2D eigenvalue weighted by molar-refractivity contribution is 6.03. The van der Waals surface area contributed by atoms with Crippen molar-refractivity contribution in [3.05, 3.63) is 0 Å². The van der Waals surface area contributed by atoms with Crippen molar-refractivity contribution in [2.24, 2.45) is 11.3 Å². The van der Waals surface area contributed by atoms with Crippen molar-refractivity contribution < 1.29 is 14.7 Å². The van der Waals surface area contributed by atoms with E-state index >= 15 is 0 Å². The van der Waals surface area contributed by atoms with Gasteiger partial charge in [-0.3, -0.25) is 9.59 Å². The highest BCUT2D eigenvalue weighted by Gasteiger charge is 2.46. The summed E-state index contributed by atoms with van der Waals surface area (Å²) in [6.45, 7) is 4.12. The fraction of sp³-hybridized carbons (Fsp3) is 0.833. The lowest BCUT2D eigenvalue weighted by atomic mass is 9.69. The molecule has 1 atom stereocenters. The summed E-state index contributed by atoms with van der Waals surface area (Å²) in [6.07, 6.45) is 4.04. The molecule has 0 saturated heterocycles. The summed E-state index contributed by atoms with van der Waals surface area (Å²) in [6, 6.07) is 0. The van der Waals surface area contributed by atoms with E-state index in [1.54, 1.807) is 0 Å². The molecule has 0 spiro atoms. The van der Waals surface area contributed by atoms with Gasteiger partial charge in [0.1, 0.15) is 11.2 Å². The van der Waals surface area contributed by atoms with Crippen molar-refractivity contribution in [1.82, 2.24) is 0 Å². The molecule has 0 aromatic rings. The Balaban J connectivity index is 2.77. The maximum atomic E-state index is 11.8. The van der Waals surface area contributed by atoms with Crippen LogP contribution in [0.15, 0.2) is 0 Å². The molecule has 1 N–H and O–H groups in total. The number of carbonyl (C=O) groups is 2. The summed E-state index contributed by atoms with van der Waals surface area (Å²) >= 11 is 0. The lowest BCUT2D eigenvalue weighted by Gasteiger charge is -2.32. The Morgan fingerprint density at radius 2 is 2.13 bits per heavy atom. The Morgan fingerprint density at radius 3 is 2.60 bits per heavy atom. The third-order valence-corrected chi connectivity index (χ3v) is 3.35. The quantitative estimate of drug-likeness (QED) is 0.729. The van der Waals surface area contributed by atoms with Crippen molar-refractivity contribution in [1.29, 1.82) is 0 Å². The van der Waals surface area contributed by atoms with E-state index in [2.05, 4.69) is 13.8 Å². The molecule has 0 aromatic heterocycles. The minimum atomic E-state index is -1.05. The lowest BCUT2D eigenvalue weighted by molar-refractivity contribution is -0.157. The van der Waals surface area contributed by atoms with Gasteiger partial charge in [-0.05, 0) is 31.6 Å². The molecular weight excluding hydrogens is 192 g/mol. The zero-order valence-corrected chi connectivity index (χ0v) is 9.58. The predicted molar refractivity (Wildman–Crippen MR) is 57.6 cm³/mol. The summed E-state index contributed by atoms with van der Waals surface area (Å²) in [4.78, 5) is 23.1. The minimum absolute atomic E-state index is 0.0538. The van der Waals surface area contributed by atoms with Gasteiger partial charge < -0.3 is 5.11 Å². The van der Waals surface area contributed by atoms with E-state index in [1.807, 2.05) is 0 Å². The Morgan fingerprint density at radius 1 is 1.47 bits per heavy atom. The number of hydrogen-bond acceptors (Lipinski definition) is 2. The zero-order valence-electron chi connectivity index (χ0n) is 9.58. The minimum Gasteiger partial charge on any atom is -0.480 e. The summed E-state index contributed by atoms with van der Waals surface area (Å²) in [5.74, 6) is -0.509. The third-order valence-electron chi connectivity index (χ3n) is 3.35. The Labute approximate surface area is 90.9 Å². The highest BCUT2D eigenvalue weighted by Crippen LogP contribution is 2.38. The molecule has 0 aliphatic heterocycles. The topological polar surface area (TPSA) is 54.4 Å². The van der Waals surface area contributed by atoms with Gasteiger partial charge >= 0.3 is 5.97 Å². The summed E-state index contributed by atoms with van der Waals surface area (Å²) in [5, 5.41) is 9.25. The Kier molecular flexibility index (Phi) is 3.89. The Bertz CT molecular complexity index is 258. The first-order chi connectivity index (χ1) is 6.99. The molecular formula is C12H20O3. The summed E-state index contributed by atoms with van der Waals surface area (Å²) < 4.78 is 0. The van der Waals surface area contributed by atoms with Crippen LogP contribution in [0.1, 0.15) is 52.4 Å². The van der Waals surface area contributed by atoms with Crippen LogP contribution in [0.4, 0.5) is 0 Å². The smallest absolute Gasteiger partial charge is 0.317 e. The predicted octanol–water partition coefficient (Wildman–Crippen LogP) is 2.64. The van der Waals surface area contributed by atoms with E-state index in [-0.39, 0.29) is 5.78 Å². The molecule has 0 heterocycles. The fourth-order valence-electron chi connectivity index (χ4n) is 2.22. The lowest BCUT2D eigenvalue weighted by Crippen LogP contribution is -2.41. The van der Waals surface area contributed by atoms with Gasteiger partial charge in [-0.1, -0.05) is 20.3 Å². The van der Waals surface area contributed by atoms with E-state index in [1.165, 1.54) is 0 Å².